The summed E-state index contributed by atoms with van der Waals surface area (Å²) in [5, 5.41) is 3.00. The van der Waals surface area contributed by atoms with Crippen molar-refractivity contribution < 1.29 is 18.3 Å². The third kappa shape index (κ3) is 4.26. The fourth-order valence-corrected chi connectivity index (χ4v) is 5.84. The number of nitrogens with one attached hydrogen (secondary N) is 1. The van der Waals surface area contributed by atoms with Crippen LogP contribution in [0.1, 0.15) is 41.9 Å². The average Bonchev–Trinajstić information content (AvgIpc) is 3.56. The van der Waals surface area contributed by atoms with Gasteiger partial charge in [-0.1, -0.05) is 18.2 Å². The minimum absolute atomic E-state index is 0.126. The maximum atomic E-state index is 13.9. The van der Waals surface area contributed by atoms with Gasteiger partial charge in [-0.3, -0.25) is 9.69 Å². The van der Waals surface area contributed by atoms with Crippen molar-refractivity contribution in [2.45, 2.75) is 43.9 Å². The summed E-state index contributed by atoms with van der Waals surface area (Å²) in [7, 11) is 0. The highest BCUT2D eigenvalue weighted by Crippen LogP contribution is 2.53. The molecule has 4 aliphatic rings. The zero-order valence-electron chi connectivity index (χ0n) is 19.4. The molecule has 1 N–H and O–H groups in total. The van der Waals surface area contributed by atoms with Crippen LogP contribution in [0.4, 0.5) is 20.2 Å². The Labute approximate surface area is 199 Å². The van der Waals surface area contributed by atoms with Gasteiger partial charge in [-0.25, -0.2) is 8.78 Å². The predicted molar refractivity (Wildman–Crippen MR) is 128 cm³/mol. The van der Waals surface area contributed by atoms with Crippen LogP contribution in [0.2, 0.25) is 0 Å². The van der Waals surface area contributed by atoms with E-state index in [0.29, 0.717) is 12.5 Å². The molecule has 5 nitrogen and oxygen atoms in total. The van der Waals surface area contributed by atoms with E-state index in [1.165, 1.54) is 5.56 Å². The number of carbonyl (C=O) groups excluding carboxylic acids is 1. The molecule has 1 saturated heterocycles. The molecule has 7 heteroatoms. The first kappa shape index (κ1) is 21.8. The van der Waals surface area contributed by atoms with Crippen LogP contribution in [0.5, 0.6) is 5.75 Å². The number of ether oxygens (including phenoxy) is 1. The molecule has 1 amide bonds. The van der Waals surface area contributed by atoms with Gasteiger partial charge in [0, 0.05) is 62.4 Å². The first-order chi connectivity index (χ1) is 16.5. The number of amides is 1. The summed E-state index contributed by atoms with van der Waals surface area (Å²) in [6.07, 6.45) is 2.74. The zero-order chi connectivity index (χ0) is 23.3. The molecular weight excluding hydrogens is 436 g/mol. The molecule has 0 radical (unpaired) electrons. The minimum Gasteiger partial charge on any atom is -0.494 e. The lowest BCUT2D eigenvalue weighted by Crippen LogP contribution is -2.47. The van der Waals surface area contributed by atoms with Gasteiger partial charge in [-0.2, -0.15) is 0 Å². The van der Waals surface area contributed by atoms with Gasteiger partial charge in [0.1, 0.15) is 5.75 Å². The number of hydrogen-bond donors (Lipinski definition) is 1. The number of carbonyl (C=O) groups is 1. The van der Waals surface area contributed by atoms with Crippen molar-refractivity contribution in [1.29, 1.82) is 0 Å². The Hall–Kier alpha value is -2.67. The van der Waals surface area contributed by atoms with E-state index in [9.17, 15) is 13.6 Å². The summed E-state index contributed by atoms with van der Waals surface area (Å²) in [5.41, 5.74) is 4.80. The summed E-state index contributed by atoms with van der Waals surface area (Å²) in [5.74, 6) is -1.06. The molecule has 0 spiro atoms. The highest BCUT2D eigenvalue weighted by Gasteiger charge is 2.48. The molecule has 1 saturated carbocycles. The van der Waals surface area contributed by atoms with Gasteiger partial charge in [-0.15, -0.1) is 0 Å². The van der Waals surface area contributed by atoms with Gasteiger partial charge >= 0.3 is 0 Å². The molecule has 34 heavy (non-hydrogen) atoms. The van der Waals surface area contributed by atoms with E-state index >= 15 is 0 Å². The molecule has 0 bridgehead atoms. The van der Waals surface area contributed by atoms with Crippen molar-refractivity contribution in [3.63, 3.8) is 0 Å². The summed E-state index contributed by atoms with van der Waals surface area (Å²) in [6.45, 7) is 5.33. The van der Waals surface area contributed by atoms with Crippen molar-refractivity contribution in [1.82, 2.24) is 4.90 Å². The molecule has 2 atom stereocenters. The van der Waals surface area contributed by atoms with E-state index in [2.05, 4.69) is 21.2 Å². The molecule has 2 aromatic carbocycles. The van der Waals surface area contributed by atoms with Crippen molar-refractivity contribution >= 4 is 17.3 Å². The Morgan fingerprint density at radius 3 is 2.74 bits per heavy atom. The number of unbranched alkanes of at least 4 members (excludes halogenated alkanes) is 1. The molecule has 6 rings (SSSR count). The van der Waals surface area contributed by atoms with Gasteiger partial charge < -0.3 is 15.0 Å². The number of piperazine rings is 1. The largest absolute Gasteiger partial charge is 0.494 e. The average molecular weight is 468 g/mol. The Morgan fingerprint density at radius 1 is 1.03 bits per heavy atom. The highest BCUT2D eigenvalue weighted by molar-refractivity contribution is 5.99. The van der Waals surface area contributed by atoms with E-state index in [1.807, 2.05) is 30.3 Å². The number of benzene rings is 2. The SMILES string of the molecule is O=C1Nc2cc(OCCCCN3CCN(c4cccc5c4CC(F)(F)C5)CC3)ccc2C2CC12. The predicted octanol–water partition coefficient (Wildman–Crippen LogP) is 4.46. The molecular formula is C27H31F2N3O2. The Morgan fingerprint density at radius 2 is 1.88 bits per heavy atom. The van der Waals surface area contributed by atoms with Crippen LogP contribution in [0, 0.1) is 5.92 Å². The smallest absolute Gasteiger partial charge is 0.256 e. The second-order valence-electron chi connectivity index (χ2n) is 10.2. The first-order valence-electron chi connectivity index (χ1n) is 12.5. The number of anilines is 2. The van der Waals surface area contributed by atoms with Crippen LogP contribution in [-0.4, -0.2) is 56.1 Å². The van der Waals surface area contributed by atoms with Crippen molar-refractivity contribution in [3.8, 4) is 5.75 Å². The summed E-state index contributed by atoms with van der Waals surface area (Å²) in [4.78, 5) is 16.7. The summed E-state index contributed by atoms with van der Waals surface area (Å²) in [6, 6.07) is 11.8. The van der Waals surface area contributed by atoms with Crippen molar-refractivity contribution in [2.24, 2.45) is 5.92 Å². The fraction of sp³-hybridized carbons (Fsp3) is 0.519. The van der Waals surface area contributed by atoms with Crippen LogP contribution in [-0.2, 0) is 17.6 Å². The fourth-order valence-electron chi connectivity index (χ4n) is 5.84. The van der Waals surface area contributed by atoms with Crippen LogP contribution in [0.3, 0.4) is 0 Å². The molecule has 180 valence electrons. The molecule has 2 aliphatic heterocycles. The van der Waals surface area contributed by atoms with Crippen LogP contribution in [0.25, 0.3) is 0 Å². The van der Waals surface area contributed by atoms with E-state index in [4.69, 9.17) is 4.74 Å². The zero-order valence-corrected chi connectivity index (χ0v) is 19.4. The Balaban J connectivity index is 0.934. The standard InChI is InChI=1S/C27H31F2N3O2/c28-27(29)16-18-4-3-5-25(23(18)17-27)32-11-9-31(10-12-32)8-1-2-13-34-19-6-7-20-21-15-22(21)26(33)30-24(20)14-19/h3-7,14,21-22H,1-2,8-13,15-17H2,(H,30,33). The lowest BCUT2D eigenvalue weighted by Gasteiger charge is -2.37. The number of fused-ring (bicyclic) bond motifs is 4. The summed E-state index contributed by atoms with van der Waals surface area (Å²) < 4.78 is 33.8. The first-order valence-corrected chi connectivity index (χ1v) is 12.5. The molecule has 0 aromatic heterocycles. The molecule has 2 heterocycles. The van der Waals surface area contributed by atoms with Gasteiger partial charge in [0.2, 0.25) is 5.91 Å². The topological polar surface area (TPSA) is 44.8 Å². The van der Waals surface area contributed by atoms with E-state index in [-0.39, 0.29) is 24.7 Å². The van der Waals surface area contributed by atoms with E-state index in [0.717, 1.165) is 80.2 Å². The van der Waals surface area contributed by atoms with Gasteiger partial charge in [0.15, 0.2) is 0 Å². The molecule has 2 aromatic rings. The third-order valence-corrected chi connectivity index (χ3v) is 7.79. The van der Waals surface area contributed by atoms with Crippen LogP contribution in [0.15, 0.2) is 36.4 Å². The number of alkyl halides is 2. The normalized spacial score (nSPS) is 24.8. The van der Waals surface area contributed by atoms with Crippen LogP contribution < -0.4 is 15.0 Å². The van der Waals surface area contributed by atoms with Crippen molar-refractivity contribution in [2.75, 3.05) is 49.5 Å². The van der Waals surface area contributed by atoms with E-state index < -0.39 is 5.92 Å². The van der Waals surface area contributed by atoms with Crippen molar-refractivity contribution in [3.05, 3.63) is 53.1 Å². The van der Waals surface area contributed by atoms with Gasteiger partial charge in [-0.05, 0) is 60.5 Å². The Kier molecular flexibility index (Phi) is 5.47. The number of nitrogens with zero attached hydrogens (tertiary/aromatic N) is 2. The van der Waals surface area contributed by atoms with E-state index in [1.54, 1.807) is 0 Å². The summed E-state index contributed by atoms with van der Waals surface area (Å²) >= 11 is 0. The molecule has 2 unspecified atom stereocenters. The van der Waals surface area contributed by atoms with Gasteiger partial charge in [0.05, 0.1) is 6.61 Å². The second kappa shape index (κ2) is 8.52. The second-order valence-corrected chi connectivity index (χ2v) is 10.2. The maximum Gasteiger partial charge on any atom is 0.256 e. The number of rotatable bonds is 7. The molecule has 2 fully saturated rings. The maximum absolute atomic E-state index is 13.9. The lowest BCUT2D eigenvalue weighted by atomic mass is 10.0. The lowest BCUT2D eigenvalue weighted by molar-refractivity contribution is -0.117. The quantitative estimate of drug-likeness (QED) is 0.611. The monoisotopic (exact) mass is 467 g/mol. The van der Waals surface area contributed by atoms with Gasteiger partial charge in [0.25, 0.3) is 5.92 Å². The number of halogens is 2. The Bertz CT molecular complexity index is 1100. The van der Waals surface area contributed by atoms with Crippen LogP contribution >= 0.6 is 0 Å². The minimum atomic E-state index is -2.60. The third-order valence-electron chi connectivity index (χ3n) is 7.79. The highest BCUT2D eigenvalue weighted by atomic mass is 19.3. The number of hydrogen-bond acceptors (Lipinski definition) is 4. The molecule has 2 aliphatic carbocycles.